The van der Waals surface area contributed by atoms with E-state index in [0.717, 1.165) is 37.2 Å². The summed E-state index contributed by atoms with van der Waals surface area (Å²) in [7, 11) is 1.66. The molecule has 27 heavy (non-hydrogen) atoms. The van der Waals surface area contributed by atoms with Crippen LogP contribution in [0, 0.1) is 13.8 Å². The number of carbonyl (C=O) groups excluding carboxylic acids is 1. The summed E-state index contributed by atoms with van der Waals surface area (Å²) < 4.78 is 9.39. The van der Waals surface area contributed by atoms with Crippen LogP contribution in [0.4, 0.5) is 0 Å². The van der Waals surface area contributed by atoms with Gasteiger partial charge in [0.1, 0.15) is 5.75 Å². The molecule has 0 fully saturated rings. The van der Waals surface area contributed by atoms with Crippen molar-refractivity contribution in [1.29, 1.82) is 0 Å². The number of hydrogen-bond acceptors (Lipinski definition) is 4. The molecule has 0 aliphatic heterocycles. The highest BCUT2D eigenvalue weighted by Crippen LogP contribution is 2.26. The van der Waals surface area contributed by atoms with Crippen LogP contribution in [-0.4, -0.2) is 22.7 Å². The van der Waals surface area contributed by atoms with Gasteiger partial charge in [-0.15, -0.1) is 11.3 Å². The molecule has 0 N–H and O–H groups in total. The lowest BCUT2D eigenvalue weighted by Gasteiger charge is -2.11. The van der Waals surface area contributed by atoms with Gasteiger partial charge in [0, 0.05) is 15.4 Å². The fourth-order valence-corrected chi connectivity index (χ4v) is 4.34. The first-order valence-electron chi connectivity index (χ1n) is 8.22. The van der Waals surface area contributed by atoms with Crippen molar-refractivity contribution in [2.45, 2.75) is 20.4 Å². The normalized spacial score (nSPS) is 11.3. The Morgan fingerprint density at radius 3 is 2.67 bits per heavy atom. The third kappa shape index (κ3) is 4.59. The van der Waals surface area contributed by atoms with Crippen molar-refractivity contribution in [1.82, 2.24) is 9.78 Å². The zero-order chi connectivity index (χ0) is 19.6. The van der Waals surface area contributed by atoms with Gasteiger partial charge in [0.25, 0.3) is 0 Å². The minimum absolute atomic E-state index is 0.00876. The molecule has 0 aliphatic rings. The first-order chi connectivity index (χ1) is 12.9. The van der Waals surface area contributed by atoms with E-state index in [1.807, 2.05) is 54.3 Å². The van der Waals surface area contributed by atoms with Crippen LogP contribution in [0.3, 0.4) is 0 Å². The maximum absolute atomic E-state index is 12.3. The van der Waals surface area contributed by atoms with Gasteiger partial charge < -0.3 is 4.74 Å². The molecular weight excluding hydrogens is 492 g/mol. The summed E-state index contributed by atoms with van der Waals surface area (Å²) in [5, 5.41) is 6.47. The zero-order valence-corrected chi connectivity index (χ0v) is 19.1. The molecule has 2 heterocycles. The van der Waals surface area contributed by atoms with Crippen LogP contribution in [0.25, 0.3) is 6.08 Å². The maximum atomic E-state index is 12.3. The van der Waals surface area contributed by atoms with E-state index in [1.54, 1.807) is 13.2 Å². The fourth-order valence-electron chi connectivity index (χ4n) is 2.71. The molecule has 0 unspecified atom stereocenters. The van der Waals surface area contributed by atoms with Crippen LogP contribution in [0.2, 0.25) is 0 Å². The van der Waals surface area contributed by atoms with Crippen molar-refractivity contribution in [2.75, 3.05) is 7.11 Å². The van der Waals surface area contributed by atoms with Gasteiger partial charge in [-0.05, 0) is 75.5 Å². The van der Waals surface area contributed by atoms with E-state index < -0.39 is 0 Å². The summed E-state index contributed by atoms with van der Waals surface area (Å²) in [5.41, 5.74) is 3.96. The highest BCUT2D eigenvalue weighted by molar-refractivity contribution is 9.10. The highest BCUT2D eigenvalue weighted by atomic mass is 79.9. The number of nitrogens with zero attached hydrogens (tertiary/aromatic N) is 2. The molecule has 0 bridgehead atoms. The molecule has 0 atom stereocenters. The molecule has 2 aromatic heterocycles. The lowest BCUT2D eigenvalue weighted by atomic mass is 10.1. The standard InChI is InChI=1S/C20H18Br2N2O2S/c1-12-20(22)13(2)24(23-12)10-15-8-14(5-7-18(15)26-3)4-6-17(25)19-9-16(21)11-27-19/h4-9,11H,10H2,1-3H3/b6-4+. The topological polar surface area (TPSA) is 44.1 Å². The quantitative estimate of drug-likeness (QED) is 0.300. The van der Waals surface area contributed by atoms with Gasteiger partial charge in [-0.2, -0.15) is 5.10 Å². The zero-order valence-electron chi connectivity index (χ0n) is 15.1. The molecule has 3 aromatic rings. The summed E-state index contributed by atoms with van der Waals surface area (Å²) in [6.45, 7) is 4.59. The second kappa shape index (κ2) is 8.54. The summed E-state index contributed by atoms with van der Waals surface area (Å²) in [4.78, 5) is 13.0. The third-order valence-corrected chi connectivity index (χ3v) is 7.01. The number of thiophene rings is 1. The second-order valence-corrected chi connectivity index (χ2v) is 8.66. The molecule has 0 radical (unpaired) electrons. The monoisotopic (exact) mass is 508 g/mol. The minimum atomic E-state index is -0.00876. The predicted molar refractivity (Wildman–Crippen MR) is 117 cm³/mol. The van der Waals surface area contributed by atoms with Crippen LogP contribution in [0.5, 0.6) is 5.75 Å². The second-order valence-electron chi connectivity index (χ2n) is 6.04. The Balaban J connectivity index is 1.85. The number of methoxy groups -OCH3 is 1. The summed E-state index contributed by atoms with van der Waals surface area (Å²) >= 11 is 8.36. The average Bonchev–Trinajstić information content (AvgIpc) is 3.19. The van der Waals surface area contributed by atoms with E-state index >= 15 is 0 Å². The number of ether oxygens (including phenoxy) is 1. The van der Waals surface area contributed by atoms with Crippen molar-refractivity contribution >= 4 is 55.1 Å². The molecule has 0 saturated heterocycles. The average molecular weight is 510 g/mol. The number of carbonyl (C=O) groups is 1. The van der Waals surface area contributed by atoms with Crippen LogP contribution in [0.1, 0.15) is 32.2 Å². The number of ketones is 1. The van der Waals surface area contributed by atoms with Gasteiger partial charge in [0.05, 0.1) is 34.4 Å². The molecule has 7 heteroatoms. The Kier molecular flexibility index (Phi) is 6.34. The molecular formula is C20H18Br2N2O2S. The summed E-state index contributed by atoms with van der Waals surface area (Å²) in [5.74, 6) is 0.787. The Hall–Kier alpha value is -1.70. The van der Waals surface area contributed by atoms with Crippen molar-refractivity contribution in [3.63, 3.8) is 0 Å². The molecule has 0 spiro atoms. The number of halogens is 2. The molecule has 1 aromatic carbocycles. The van der Waals surface area contributed by atoms with E-state index in [2.05, 4.69) is 37.0 Å². The van der Waals surface area contributed by atoms with Gasteiger partial charge in [-0.25, -0.2) is 0 Å². The van der Waals surface area contributed by atoms with E-state index in [4.69, 9.17) is 4.74 Å². The molecule has 0 amide bonds. The lowest BCUT2D eigenvalue weighted by Crippen LogP contribution is -2.06. The Morgan fingerprint density at radius 1 is 1.30 bits per heavy atom. The number of aryl methyl sites for hydroxylation is 1. The number of benzene rings is 1. The maximum Gasteiger partial charge on any atom is 0.195 e. The van der Waals surface area contributed by atoms with E-state index in [1.165, 1.54) is 11.3 Å². The van der Waals surface area contributed by atoms with Crippen molar-refractivity contribution in [3.05, 3.63) is 72.1 Å². The Labute approximate surface area is 179 Å². The highest BCUT2D eigenvalue weighted by Gasteiger charge is 2.12. The SMILES string of the molecule is COc1ccc(/C=C/C(=O)c2cc(Br)cs2)cc1Cn1nc(C)c(Br)c1C. The van der Waals surface area contributed by atoms with Crippen LogP contribution >= 0.6 is 43.2 Å². The molecule has 0 saturated carbocycles. The Bertz CT molecular complexity index is 1020. The van der Waals surface area contributed by atoms with Crippen LogP contribution in [-0.2, 0) is 6.54 Å². The molecule has 140 valence electrons. The van der Waals surface area contributed by atoms with Gasteiger partial charge in [-0.3, -0.25) is 9.48 Å². The van der Waals surface area contributed by atoms with Gasteiger partial charge >= 0.3 is 0 Å². The van der Waals surface area contributed by atoms with Gasteiger partial charge in [0.15, 0.2) is 5.78 Å². The minimum Gasteiger partial charge on any atom is -0.496 e. The van der Waals surface area contributed by atoms with Gasteiger partial charge in [-0.1, -0.05) is 12.1 Å². The number of aromatic nitrogens is 2. The van der Waals surface area contributed by atoms with Crippen LogP contribution < -0.4 is 4.74 Å². The largest absolute Gasteiger partial charge is 0.496 e. The smallest absolute Gasteiger partial charge is 0.195 e. The fraction of sp³-hybridized carbons (Fsp3) is 0.200. The van der Waals surface area contributed by atoms with E-state index in [9.17, 15) is 4.79 Å². The first kappa shape index (κ1) is 20.0. The van der Waals surface area contributed by atoms with Crippen molar-refractivity contribution in [2.24, 2.45) is 0 Å². The Morgan fingerprint density at radius 2 is 2.07 bits per heavy atom. The third-order valence-electron chi connectivity index (χ3n) is 4.16. The molecule has 3 rings (SSSR count). The van der Waals surface area contributed by atoms with E-state index in [-0.39, 0.29) is 5.78 Å². The lowest BCUT2D eigenvalue weighted by molar-refractivity contribution is 0.105. The van der Waals surface area contributed by atoms with Crippen molar-refractivity contribution < 1.29 is 9.53 Å². The summed E-state index contributed by atoms with van der Waals surface area (Å²) in [6.07, 6.45) is 3.43. The predicted octanol–water partition coefficient (Wildman–Crippen LogP) is 6.04. The number of hydrogen-bond donors (Lipinski definition) is 0. The molecule has 0 aliphatic carbocycles. The number of rotatable bonds is 6. The summed E-state index contributed by atoms with van der Waals surface area (Å²) in [6, 6.07) is 7.71. The van der Waals surface area contributed by atoms with Crippen molar-refractivity contribution in [3.8, 4) is 5.75 Å². The van der Waals surface area contributed by atoms with Gasteiger partial charge in [0.2, 0.25) is 0 Å². The first-order valence-corrected chi connectivity index (χ1v) is 10.7. The van der Waals surface area contributed by atoms with Crippen LogP contribution in [0.15, 0.2) is 44.7 Å². The van der Waals surface area contributed by atoms with E-state index in [0.29, 0.717) is 11.4 Å². The number of allylic oxidation sites excluding steroid dienone is 1. The molecule has 4 nitrogen and oxygen atoms in total.